The van der Waals surface area contributed by atoms with E-state index in [0.29, 0.717) is 32.7 Å². The minimum atomic E-state index is -1.57. The summed E-state index contributed by atoms with van der Waals surface area (Å²) in [7, 11) is 0. The molecule has 2 saturated heterocycles. The molecule has 0 aliphatic carbocycles. The van der Waals surface area contributed by atoms with Crippen molar-refractivity contribution in [2.45, 2.75) is 75.5 Å². The molecule has 0 amide bonds. The summed E-state index contributed by atoms with van der Waals surface area (Å²) in [6.45, 7) is 2.29. The summed E-state index contributed by atoms with van der Waals surface area (Å²) in [5, 5.41) is 9.04. The van der Waals surface area contributed by atoms with Crippen molar-refractivity contribution < 1.29 is 36.9 Å². The van der Waals surface area contributed by atoms with Crippen molar-refractivity contribution in [1.82, 2.24) is 19.9 Å². The predicted molar refractivity (Wildman–Crippen MR) is 235 cm³/mol. The molecule has 6 atom stereocenters. The number of benzene rings is 6. The van der Waals surface area contributed by atoms with Crippen LogP contribution in [-0.4, -0.2) is 63.2 Å². The van der Waals surface area contributed by atoms with Gasteiger partial charge in [0.05, 0.1) is 45.3 Å². The maximum absolute atomic E-state index is 14.7. The van der Waals surface area contributed by atoms with Crippen LogP contribution in [0.4, 0.5) is 13.2 Å². The van der Waals surface area contributed by atoms with Crippen molar-refractivity contribution in [3.05, 3.63) is 215 Å². The van der Waals surface area contributed by atoms with Gasteiger partial charge in [-0.1, -0.05) is 157 Å². The van der Waals surface area contributed by atoms with Crippen molar-refractivity contribution >= 4 is 0 Å². The second kappa shape index (κ2) is 20.2. The van der Waals surface area contributed by atoms with Gasteiger partial charge in [-0.05, 0) is 46.4 Å². The summed E-state index contributed by atoms with van der Waals surface area (Å²) in [6, 6.07) is 50.7. The summed E-state index contributed by atoms with van der Waals surface area (Å²) < 4.78 is 80.4. The molecule has 2 aliphatic heterocycles. The molecule has 1 aromatic heterocycles. The van der Waals surface area contributed by atoms with Gasteiger partial charge in [-0.2, -0.15) is 0 Å². The quantitative estimate of drug-likeness (QED) is 0.0838. The van der Waals surface area contributed by atoms with Gasteiger partial charge in [0.1, 0.15) is 30.0 Å². The molecule has 328 valence electrons. The molecule has 64 heavy (non-hydrogen) atoms. The summed E-state index contributed by atoms with van der Waals surface area (Å²) in [5.41, 5.74) is 5.20. The zero-order chi connectivity index (χ0) is 43.7. The Bertz CT molecular complexity index is 2480. The van der Waals surface area contributed by atoms with Crippen LogP contribution in [0.1, 0.15) is 40.3 Å². The van der Waals surface area contributed by atoms with Crippen LogP contribution in [0.3, 0.4) is 0 Å². The molecule has 0 radical (unpaired) electrons. The molecular weight excluding hydrogens is 818 g/mol. The Morgan fingerprint density at radius 1 is 0.641 bits per heavy atom. The lowest BCUT2D eigenvalue weighted by atomic mass is 9.84. The Morgan fingerprint density at radius 2 is 1.14 bits per heavy atom. The number of hydrogen-bond donors (Lipinski definition) is 0. The number of nitrogens with zero attached hydrogens (tertiary/aromatic N) is 4. The van der Waals surface area contributed by atoms with E-state index in [1.165, 1.54) is 0 Å². The molecule has 12 heteroatoms. The van der Waals surface area contributed by atoms with Crippen molar-refractivity contribution in [2.75, 3.05) is 13.2 Å². The van der Waals surface area contributed by atoms with E-state index in [1.807, 2.05) is 127 Å². The standard InChI is InChI=1S/C52H49F3N4O5/c53-43-28-42(29-44(54)48(43)55)45-32-59(57-56-45)49-50(61-34-40-22-12-4-13-23-40)46(36-60-33-39-20-10-3-11-21-39)64-52(51(49)62-35-41-24-14-5-15-25-41)47(26-27-63-52)58(30-37-16-6-1-7-17-37)31-38-18-8-2-9-19-38/h1-25,28-29,32,46-47,49-51H,26-27,30-31,33-36H2/t46-,47-,49+,50+,51-,52+/m1/s1. The molecule has 6 aromatic carbocycles. The highest BCUT2D eigenvalue weighted by molar-refractivity contribution is 5.58. The molecule has 0 unspecified atom stereocenters. The Morgan fingerprint density at radius 3 is 1.69 bits per heavy atom. The number of hydrogen-bond acceptors (Lipinski definition) is 8. The molecule has 0 bridgehead atoms. The van der Waals surface area contributed by atoms with E-state index in [1.54, 1.807) is 10.9 Å². The van der Waals surface area contributed by atoms with E-state index in [-0.39, 0.29) is 37.1 Å². The Hall–Kier alpha value is -5.99. The fraction of sp³-hybridized carbons (Fsp3) is 0.269. The first-order valence-electron chi connectivity index (χ1n) is 21.6. The fourth-order valence-corrected chi connectivity index (χ4v) is 8.85. The van der Waals surface area contributed by atoms with Crippen LogP contribution in [0, 0.1) is 17.5 Å². The van der Waals surface area contributed by atoms with Gasteiger partial charge in [-0.3, -0.25) is 4.90 Å². The highest BCUT2D eigenvalue weighted by Crippen LogP contribution is 2.48. The normalized spacial score (nSPS) is 22.0. The molecule has 3 heterocycles. The van der Waals surface area contributed by atoms with Crippen LogP contribution in [0.15, 0.2) is 170 Å². The minimum Gasteiger partial charge on any atom is -0.374 e. The predicted octanol–water partition coefficient (Wildman–Crippen LogP) is 9.88. The van der Waals surface area contributed by atoms with Gasteiger partial charge >= 0.3 is 0 Å². The Kier molecular flexibility index (Phi) is 13.7. The van der Waals surface area contributed by atoms with Gasteiger partial charge in [0.2, 0.25) is 5.79 Å². The lowest BCUT2D eigenvalue weighted by molar-refractivity contribution is -0.368. The molecule has 2 aliphatic rings. The van der Waals surface area contributed by atoms with E-state index in [4.69, 9.17) is 23.7 Å². The summed E-state index contributed by atoms with van der Waals surface area (Å²) in [4.78, 5) is 2.39. The fourth-order valence-electron chi connectivity index (χ4n) is 8.85. The zero-order valence-corrected chi connectivity index (χ0v) is 35.2. The van der Waals surface area contributed by atoms with Crippen LogP contribution >= 0.6 is 0 Å². The smallest absolute Gasteiger partial charge is 0.213 e. The number of aromatic nitrogens is 3. The highest BCUT2D eigenvalue weighted by Gasteiger charge is 2.64. The van der Waals surface area contributed by atoms with Crippen molar-refractivity contribution in [1.29, 1.82) is 0 Å². The summed E-state index contributed by atoms with van der Waals surface area (Å²) in [5.74, 6) is -5.68. The summed E-state index contributed by atoms with van der Waals surface area (Å²) >= 11 is 0. The van der Waals surface area contributed by atoms with Crippen LogP contribution in [0.5, 0.6) is 0 Å². The molecule has 9 rings (SSSR count). The van der Waals surface area contributed by atoms with Crippen molar-refractivity contribution in [2.24, 2.45) is 0 Å². The maximum Gasteiger partial charge on any atom is 0.213 e. The molecule has 0 saturated carbocycles. The largest absolute Gasteiger partial charge is 0.374 e. The van der Waals surface area contributed by atoms with Crippen molar-refractivity contribution in [3.8, 4) is 11.3 Å². The van der Waals surface area contributed by atoms with E-state index in [9.17, 15) is 13.2 Å². The third-order valence-corrected chi connectivity index (χ3v) is 11.9. The van der Waals surface area contributed by atoms with Gasteiger partial charge in [-0.25, -0.2) is 17.9 Å². The Labute approximate surface area is 370 Å². The lowest BCUT2D eigenvalue weighted by Crippen LogP contribution is -2.69. The average Bonchev–Trinajstić information content (AvgIpc) is 4.00. The lowest BCUT2D eigenvalue weighted by Gasteiger charge is -2.54. The topological polar surface area (TPSA) is 80.1 Å². The van der Waals surface area contributed by atoms with Gasteiger partial charge in [0, 0.05) is 18.7 Å². The molecule has 2 fully saturated rings. The van der Waals surface area contributed by atoms with Crippen LogP contribution < -0.4 is 0 Å². The average molecular weight is 867 g/mol. The molecular formula is C52H49F3N4O5. The second-order valence-electron chi connectivity index (χ2n) is 16.2. The monoisotopic (exact) mass is 866 g/mol. The SMILES string of the molecule is Fc1cc(-c2cn([C@H]3[C@@H](OCc4ccccc4)[C@@H](COCc4ccccc4)O[C@]4(OCC[C@H]4N(Cc4ccccc4)Cc4ccccc4)[C@@H]3OCc3ccccc3)nn2)cc(F)c1F. The number of halogens is 3. The number of rotatable bonds is 17. The third kappa shape index (κ3) is 9.88. The summed E-state index contributed by atoms with van der Waals surface area (Å²) in [6.07, 6.45) is -0.304. The van der Waals surface area contributed by atoms with Gasteiger partial charge in [-0.15, -0.1) is 5.10 Å². The van der Waals surface area contributed by atoms with Gasteiger partial charge in [0.15, 0.2) is 17.5 Å². The van der Waals surface area contributed by atoms with Crippen LogP contribution in [0.25, 0.3) is 11.3 Å². The molecule has 9 nitrogen and oxygen atoms in total. The van der Waals surface area contributed by atoms with E-state index in [0.717, 1.165) is 39.9 Å². The Balaban J connectivity index is 1.19. The van der Waals surface area contributed by atoms with Crippen LogP contribution in [0.2, 0.25) is 0 Å². The van der Waals surface area contributed by atoms with Crippen molar-refractivity contribution in [3.63, 3.8) is 0 Å². The molecule has 1 spiro atoms. The number of ether oxygens (including phenoxy) is 5. The van der Waals surface area contributed by atoms with Gasteiger partial charge < -0.3 is 23.7 Å². The van der Waals surface area contributed by atoms with E-state index >= 15 is 0 Å². The first-order valence-corrected chi connectivity index (χ1v) is 21.6. The molecule has 7 aromatic rings. The highest BCUT2D eigenvalue weighted by atomic mass is 19.2. The molecule has 0 N–H and O–H groups in total. The first kappa shape index (κ1) is 43.3. The maximum atomic E-state index is 14.7. The third-order valence-electron chi connectivity index (χ3n) is 11.9. The van der Waals surface area contributed by atoms with E-state index in [2.05, 4.69) is 39.5 Å². The first-order chi connectivity index (χ1) is 31.4. The van der Waals surface area contributed by atoms with E-state index < -0.39 is 47.6 Å². The zero-order valence-electron chi connectivity index (χ0n) is 35.2. The van der Waals surface area contributed by atoms with Crippen LogP contribution in [-0.2, 0) is 56.6 Å². The van der Waals surface area contributed by atoms with Gasteiger partial charge in [0.25, 0.3) is 0 Å². The minimum absolute atomic E-state index is 0.0163. The second-order valence-corrected chi connectivity index (χ2v) is 16.2.